The molecule has 1 aliphatic rings. The molecule has 144 valence electrons. The molecule has 5 nitrogen and oxygen atoms in total. The topological polar surface area (TPSA) is 75.3 Å². The number of phenols is 1. The van der Waals surface area contributed by atoms with E-state index in [1.54, 1.807) is 18.2 Å². The van der Waals surface area contributed by atoms with Gasteiger partial charge >= 0.3 is 5.97 Å². The first-order valence-corrected chi connectivity index (χ1v) is 9.09. The molecule has 0 aliphatic carbocycles. The van der Waals surface area contributed by atoms with Crippen molar-refractivity contribution in [3.63, 3.8) is 0 Å². The summed E-state index contributed by atoms with van der Waals surface area (Å²) in [7, 11) is 0. The van der Waals surface area contributed by atoms with Crippen molar-refractivity contribution in [1.82, 2.24) is 9.78 Å². The Morgan fingerprint density at radius 2 is 1.86 bits per heavy atom. The summed E-state index contributed by atoms with van der Waals surface area (Å²) >= 11 is 0. The number of halogens is 1. The van der Waals surface area contributed by atoms with Gasteiger partial charge in [-0.2, -0.15) is 5.10 Å². The molecular formula is C22H21FN2O3. The molecular weight excluding hydrogens is 359 g/mol. The number of carboxylic acid groups (broad SMARTS) is 1. The van der Waals surface area contributed by atoms with Gasteiger partial charge in [-0.25, -0.2) is 9.18 Å². The Bertz CT molecular complexity index is 1080. The smallest absolute Gasteiger partial charge is 0.339 e. The highest BCUT2D eigenvalue weighted by Gasteiger charge is 2.35. The van der Waals surface area contributed by atoms with Gasteiger partial charge < -0.3 is 10.2 Å². The Balaban J connectivity index is 1.92. The van der Waals surface area contributed by atoms with Crippen LogP contribution in [0.4, 0.5) is 4.39 Å². The number of fused-ring (bicyclic) bond motifs is 3. The molecule has 1 aromatic heterocycles. The highest BCUT2D eigenvalue weighted by atomic mass is 19.1. The zero-order valence-electron chi connectivity index (χ0n) is 15.9. The van der Waals surface area contributed by atoms with Gasteiger partial charge in [0.2, 0.25) is 0 Å². The van der Waals surface area contributed by atoms with Crippen molar-refractivity contribution in [2.24, 2.45) is 5.41 Å². The third-order valence-corrected chi connectivity index (χ3v) is 5.37. The quantitative estimate of drug-likeness (QED) is 0.663. The standard InChI is InChI=1S/C22H21FN2O3/c1-22(2,3)17-11-25-19(10-18(24-25)12-4-6-13(23)7-5-12)15-9-20(26)16(21(27)28)8-14(15)17/h4-10,17,26H,11H2,1-3H3,(H,27,28). The van der Waals surface area contributed by atoms with Gasteiger partial charge in [-0.3, -0.25) is 4.68 Å². The number of hydrogen-bond acceptors (Lipinski definition) is 3. The van der Waals surface area contributed by atoms with Crippen molar-refractivity contribution in [1.29, 1.82) is 0 Å². The zero-order chi connectivity index (χ0) is 20.2. The molecule has 0 saturated heterocycles. The number of rotatable bonds is 2. The molecule has 0 radical (unpaired) electrons. The highest BCUT2D eigenvalue weighted by Crippen LogP contribution is 2.47. The molecule has 2 N–H and O–H groups in total. The van der Waals surface area contributed by atoms with E-state index in [1.165, 1.54) is 18.2 Å². The molecule has 2 aromatic carbocycles. The third-order valence-electron chi connectivity index (χ3n) is 5.37. The first-order chi connectivity index (χ1) is 13.1. The van der Waals surface area contributed by atoms with Crippen LogP contribution < -0.4 is 0 Å². The number of aromatic hydroxyl groups is 1. The van der Waals surface area contributed by atoms with Crippen LogP contribution in [-0.2, 0) is 6.54 Å². The lowest BCUT2D eigenvalue weighted by Gasteiger charge is -2.36. The fraction of sp³-hybridized carbons (Fsp3) is 0.273. The second kappa shape index (κ2) is 6.19. The van der Waals surface area contributed by atoms with Crippen LogP contribution >= 0.6 is 0 Å². The fourth-order valence-electron chi connectivity index (χ4n) is 3.83. The average molecular weight is 380 g/mol. The average Bonchev–Trinajstić information content (AvgIpc) is 3.04. The first-order valence-electron chi connectivity index (χ1n) is 9.09. The molecule has 1 unspecified atom stereocenters. The number of benzene rings is 2. The van der Waals surface area contributed by atoms with E-state index in [1.807, 2.05) is 10.7 Å². The molecule has 0 saturated carbocycles. The van der Waals surface area contributed by atoms with Crippen LogP contribution in [0.25, 0.3) is 22.5 Å². The minimum Gasteiger partial charge on any atom is -0.507 e. The molecule has 3 aromatic rings. The lowest BCUT2D eigenvalue weighted by Crippen LogP contribution is -2.28. The number of carbonyl (C=O) groups is 1. The van der Waals surface area contributed by atoms with Crippen LogP contribution in [0.15, 0.2) is 42.5 Å². The molecule has 1 aliphatic heterocycles. The van der Waals surface area contributed by atoms with Crippen LogP contribution in [0.2, 0.25) is 0 Å². The fourth-order valence-corrected chi connectivity index (χ4v) is 3.83. The van der Waals surface area contributed by atoms with Gasteiger partial charge in [0.25, 0.3) is 0 Å². The van der Waals surface area contributed by atoms with E-state index in [4.69, 9.17) is 5.10 Å². The molecule has 6 heteroatoms. The summed E-state index contributed by atoms with van der Waals surface area (Å²) in [4.78, 5) is 11.5. The number of carboxylic acids is 1. The predicted octanol–water partition coefficient (Wildman–Crippen LogP) is 4.90. The van der Waals surface area contributed by atoms with Crippen molar-refractivity contribution in [2.45, 2.75) is 33.2 Å². The Kier molecular flexibility index (Phi) is 4.03. The van der Waals surface area contributed by atoms with Crippen LogP contribution in [0.5, 0.6) is 5.75 Å². The number of hydrogen-bond donors (Lipinski definition) is 2. The summed E-state index contributed by atoms with van der Waals surface area (Å²) in [5.41, 5.74) is 3.74. The van der Waals surface area contributed by atoms with Gasteiger partial charge in [0, 0.05) is 23.6 Å². The van der Waals surface area contributed by atoms with Gasteiger partial charge in [-0.05, 0) is 53.4 Å². The third kappa shape index (κ3) is 2.95. The molecule has 4 rings (SSSR count). The van der Waals surface area contributed by atoms with Crippen LogP contribution in [0.1, 0.15) is 42.6 Å². The lowest BCUT2D eigenvalue weighted by atomic mass is 9.73. The lowest BCUT2D eigenvalue weighted by molar-refractivity contribution is 0.0693. The number of nitrogens with zero attached hydrogens (tertiary/aromatic N) is 2. The van der Waals surface area contributed by atoms with Gasteiger partial charge in [0.1, 0.15) is 17.1 Å². The second-order valence-corrected chi connectivity index (χ2v) is 8.28. The number of aromatic carboxylic acids is 1. The Morgan fingerprint density at radius 3 is 2.46 bits per heavy atom. The van der Waals surface area contributed by atoms with E-state index in [0.29, 0.717) is 12.2 Å². The zero-order valence-corrected chi connectivity index (χ0v) is 15.9. The van der Waals surface area contributed by atoms with Gasteiger partial charge in [-0.15, -0.1) is 0 Å². The van der Waals surface area contributed by atoms with Crippen LogP contribution in [0.3, 0.4) is 0 Å². The predicted molar refractivity (Wildman–Crippen MR) is 104 cm³/mol. The van der Waals surface area contributed by atoms with E-state index < -0.39 is 5.97 Å². The summed E-state index contributed by atoms with van der Waals surface area (Å²) in [6.07, 6.45) is 0. The van der Waals surface area contributed by atoms with Crippen LogP contribution in [-0.4, -0.2) is 26.0 Å². The second-order valence-electron chi connectivity index (χ2n) is 8.28. The maximum atomic E-state index is 13.3. The molecule has 0 spiro atoms. The molecule has 28 heavy (non-hydrogen) atoms. The van der Waals surface area contributed by atoms with E-state index in [9.17, 15) is 19.4 Å². The minimum absolute atomic E-state index is 0.0228. The molecule has 0 bridgehead atoms. The summed E-state index contributed by atoms with van der Waals surface area (Å²) in [6.45, 7) is 6.90. The monoisotopic (exact) mass is 380 g/mol. The SMILES string of the molecule is CC(C)(C)C1Cn2nc(-c3ccc(F)cc3)cc2-c2cc(O)c(C(=O)O)cc21. The Morgan fingerprint density at radius 1 is 1.18 bits per heavy atom. The summed E-state index contributed by atoms with van der Waals surface area (Å²) in [5.74, 6) is -1.71. The molecule has 0 fully saturated rings. The summed E-state index contributed by atoms with van der Waals surface area (Å²) in [5, 5.41) is 24.4. The van der Waals surface area contributed by atoms with Crippen molar-refractivity contribution >= 4 is 5.97 Å². The van der Waals surface area contributed by atoms with Crippen molar-refractivity contribution in [3.05, 3.63) is 59.4 Å². The molecule has 1 atom stereocenters. The van der Waals surface area contributed by atoms with E-state index in [-0.39, 0.29) is 28.5 Å². The maximum absolute atomic E-state index is 13.3. The maximum Gasteiger partial charge on any atom is 0.339 e. The van der Waals surface area contributed by atoms with Crippen LogP contribution in [0, 0.1) is 11.2 Å². The largest absolute Gasteiger partial charge is 0.507 e. The molecule has 2 heterocycles. The number of aromatic nitrogens is 2. The van der Waals surface area contributed by atoms with Gasteiger partial charge in [0.15, 0.2) is 0 Å². The van der Waals surface area contributed by atoms with Gasteiger partial charge in [-0.1, -0.05) is 20.8 Å². The van der Waals surface area contributed by atoms with Crippen molar-refractivity contribution < 1.29 is 19.4 Å². The Labute approximate surface area is 162 Å². The minimum atomic E-state index is -1.15. The van der Waals surface area contributed by atoms with Crippen molar-refractivity contribution in [2.75, 3.05) is 0 Å². The van der Waals surface area contributed by atoms with E-state index >= 15 is 0 Å². The molecule has 0 amide bonds. The normalized spacial score (nSPS) is 15.8. The first kappa shape index (κ1) is 18.2. The highest BCUT2D eigenvalue weighted by molar-refractivity contribution is 5.92. The van der Waals surface area contributed by atoms with E-state index in [0.717, 1.165) is 22.4 Å². The summed E-state index contributed by atoms with van der Waals surface area (Å²) in [6, 6.07) is 11.1. The van der Waals surface area contributed by atoms with Gasteiger partial charge in [0.05, 0.1) is 11.4 Å². The summed E-state index contributed by atoms with van der Waals surface area (Å²) < 4.78 is 15.1. The van der Waals surface area contributed by atoms with E-state index in [2.05, 4.69) is 20.8 Å². The van der Waals surface area contributed by atoms with Crippen molar-refractivity contribution in [3.8, 4) is 28.3 Å². The Hall–Kier alpha value is -3.15.